The van der Waals surface area contributed by atoms with Crippen molar-refractivity contribution in [3.63, 3.8) is 0 Å². The first-order chi connectivity index (χ1) is 57.2. The van der Waals surface area contributed by atoms with Gasteiger partial charge in [0.2, 0.25) is 35.4 Å². The van der Waals surface area contributed by atoms with E-state index in [1.165, 1.54) is 43.1 Å². The Morgan fingerprint density at radius 3 is 1.66 bits per heavy atom. The summed E-state index contributed by atoms with van der Waals surface area (Å²) >= 11 is 0. The number of carbonyl (C=O) groups excluding carboxylic acids is 9. The lowest BCUT2D eigenvalue weighted by molar-refractivity contribution is -0.139. The molecule has 9 rings (SSSR count). The Balaban J connectivity index is 0.564. The lowest BCUT2D eigenvalue weighted by Crippen LogP contribution is -2.53. The maximum Gasteiger partial charge on any atom is 0.416 e. The zero-order valence-corrected chi connectivity index (χ0v) is 68.5. The zero-order valence-electron chi connectivity index (χ0n) is 68.5. The predicted molar refractivity (Wildman–Crippen MR) is 435 cm³/mol. The Kier molecular flexibility index (Phi) is 37.6. The van der Waals surface area contributed by atoms with E-state index in [4.69, 9.17) is 61.6 Å². The molecule has 1 saturated heterocycles. The Bertz CT molecular complexity index is 4150. The summed E-state index contributed by atoms with van der Waals surface area (Å²) in [5, 5.41) is 22.9. The third kappa shape index (κ3) is 28.1. The summed E-state index contributed by atoms with van der Waals surface area (Å²) in [5.74, 6) is -2.31. The monoisotopic (exact) mass is 1640 g/mol. The molecule has 1 fully saturated rings. The summed E-state index contributed by atoms with van der Waals surface area (Å²) in [6, 6.07) is 27.1. The van der Waals surface area contributed by atoms with E-state index < -0.39 is 60.0 Å². The van der Waals surface area contributed by atoms with Gasteiger partial charge in [0.15, 0.2) is 29.2 Å². The van der Waals surface area contributed by atoms with Gasteiger partial charge in [0, 0.05) is 68.8 Å². The molecule has 118 heavy (non-hydrogen) atoms. The molecule has 0 bridgehead atoms. The van der Waals surface area contributed by atoms with Crippen LogP contribution in [0.15, 0.2) is 132 Å². The number of aliphatic hydroxyl groups excluding tert-OH is 1. The number of rotatable bonds is 50. The quantitative estimate of drug-likeness (QED) is 0.0206. The number of hydrogen-bond donors (Lipinski definition) is 5. The van der Waals surface area contributed by atoms with Gasteiger partial charge in [-0.1, -0.05) is 91.7 Å². The van der Waals surface area contributed by atoms with Crippen LogP contribution in [0.3, 0.4) is 0 Å². The molecule has 5 heterocycles. The average molecular weight is 1640 g/mol. The second-order valence-electron chi connectivity index (χ2n) is 29.0. The molecule has 5 aliphatic heterocycles. The molecule has 640 valence electrons. The molecule has 9 amide bonds. The van der Waals surface area contributed by atoms with Crippen LogP contribution in [0.25, 0.3) is 0 Å². The van der Waals surface area contributed by atoms with Crippen molar-refractivity contribution >= 4 is 76.6 Å². The van der Waals surface area contributed by atoms with E-state index in [2.05, 4.69) is 26.3 Å². The van der Waals surface area contributed by atoms with Crippen LogP contribution in [-0.2, 0) is 84.4 Å². The van der Waals surface area contributed by atoms with E-state index >= 15 is 0 Å². The van der Waals surface area contributed by atoms with Crippen LogP contribution in [0.4, 0.5) is 21.9 Å². The summed E-state index contributed by atoms with van der Waals surface area (Å²) in [5.41, 5.74) is 4.85. The van der Waals surface area contributed by atoms with Gasteiger partial charge in [0.05, 0.1) is 174 Å². The van der Waals surface area contributed by atoms with Gasteiger partial charge in [-0.3, -0.25) is 48.2 Å². The molecular weight excluding hydrogens is 1530 g/mol. The van der Waals surface area contributed by atoms with Crippen LogP contribution in [0.2, 0.25) is 0 Å². The van der Waals surface area contributed by atoms with Crippen LogP contribution in [-0.4, -0.2) is 256 Å². The van der Waals surface area contributed by atoms with Gasteiger partial charge in [0.25, 0.3) is 11.8 Å². The average Bonchev–Trinajstić information content (AvgIpc) is 1.60. The third-order valence-electron chi connectivity index (χ3n) is 19.7. The summed E-state index contributed by atoms with van der Waals surface area (Å²) in [6.07, 6.45) is 6.34. The highest BCUT2D eigenvalue weighted by atomic mass is 16.6. The summed E-state index contributed by atoms with van der Waals surface area (Å²) in [7, 11) is 2.96. The number of aliphatic imine (C=N–C) groups is 1. The molecule has 0 radical (unpaired) electrons. The molecule has 0 saturated carbocycles. The standard InChI is InChI=1S/C86H113N9O23/c1-58(2)79(91-77(97)25-30-108-32-34-110-36-38-112-40-42-114-44-45-115-43-41-113-39-37-111-35-33-109-31-26-87-76(96)24-27-92-78(98)49-64(82(92)101)48-62-18-14-11-9-8-10-12-15-19-62)81(100)89-61(5)80(99)90-65-22-20-63(21-23-65)57-118-86(105)95-70-53-75(73(107-7)51-68(70)84(103)94-56-60(4)47-71(94)85(95)104)117-29-17-13-16-28-116-74-52-69-67(50-72(74)106-6)83(102)93-55-59(3)46-66(93)54-88-69/h8-12,14-15,18-23,50-56,58,61,64,66,71,79,85,104H,13,16-17,24-49,57H2,1-7H3,(H,87,96)(H,89,100)(H,90,99)(H,91,97)/t61-,64?,66-,71-,79-,85-/m0/s1. The van der Waals surface area contributed by atoms with Crippen LogP contribution in [0.5, 0.6) is 23.0 Å². The number of unbranched alkanes of at least 4 members (excludes halogenated alkanes) is 2. The highest BCUT2D eigenvalue weighted by Gasteiger charge is 2.46. The van der Waals surface area contributed by atoms with Crippen LogP contribution >= 0.6 is 0 Å². The molecule has 1 unspecified atom stereocenters. The number of imide groups is 1. The Labute approximate surface area is 688 Å². The maximum absolute atomic E-state index is 14.3. The van der Waals surface area contributed by atoms with Crippen LogP contribution in [0.1, 0.15) is 118 Å². The number of aliphatic hydroxyl groups is 1. The topological polar surface area (TPSA) is 367 Å². The second kappa shape index (κ2) is 48.5. The minimum absolute atomic E-state index is 0.0170. The fourth-order valence-electron chi connectivity index (χ4n) is 13.4. The number of benzene rings is 3. The first-order valence-electron chi connectivity index (χ1n) is 40.2. The Hall–Kier alpha value is -10.4. The lowest BCUT2D eigenvalue weighted by atomic mass is 9.98. The highest BCUT2D eigenvalue weighted by molar-refractivity contribution is 6.07. The number of ether oxygens (including phenoxy) is 13. The number of methoxy groups -OCH3 is 2. The van der Waals surface area contributed by atoms with Crippen LogP contribution in [0, 0.1) is 11.8 Å². The normalized spacial score (nSPS) is 17.1. The van der Waals surface area contributed by atoms with Gasteiger partial charge in [0.1, 0.15) is 18.7 Å². The van der Waals surface area contributed by atoms with E-state index in [-0.39, 0.29) is 130 Å². The minimum Gasteiger partial charge on any atom is -0.493 e. The number of carbonyl (C=O) groups is 9. The van der Waals surface area contributed by atoms with Crippen molar-refractivity contribution in [1.29, 1.82) is 0 Å². The fourth-order valence-corrected chi connectivity index (χ4v) is 13.4. The van der Waals surface area contributed by atoms with Crippen molar-refractivity contribution in [2.24, 2.45) is 16.8 Å². The Morgan fingerprint density at radius 2 is 1.08 bits per heavy atom. The van der Waals surface area contributed by atoms with Crippen molar-refractivity contribution in [2.75, 3.05) is 156 Å². The lowest BCUT2D eigenvalue weighted by Gasteiger charge is -2.31. The maximum atomic E-state index is 14.3. The van der Waals surface area contributed by atoms with Crippen molar-refractivity contribution in [1.82, 2.24) is 30.7 Å². The molecule has 6 atom stereocenters. The second-order valence-corrected chi connectivity index (χ2v) is 29.0. The number of fused-ring (bicyclic) bond motifs is 4. The molecule has 4 aromatic rings. The first kappa shape index (κ1) is 91.5. The number of nitrogens with zero attached hydrogens (tertiary/aromatic N) is 5. The molecule has 4 aromatic carbocycles. The smallest absolute Gasteiger partial charge is 0.416 e. The number of anilines is 2. The third-order valence-corrected chi connectivity index (χ3v) is 19.7. The molecule has 0 aliphatic carbocycles. The van der Waals surface area contributed by atoms with E-state index in [1.54, 1.807) is 67.6 Å². The zero-order chi connectivity index (χ0) is 84.1. The van der Waals surface area contributed by atoms with Gasteiger partial charge >= 0.3 is 6.09 Å². The van der Waals surface area contributed by atoms with Gasteiger partial charge in [-0.25, -0.2) is 9.69 Å². The molecule has 32 nitrogen and oxygen atoms in total. The highest BCUT2D eigenvalue weighted by Crippen LogP contribution is 2.43. The molecule has 32 heteroatoms. The molecule has 0 spiro atoms. The van der Waals surface area contributed by atoms with Gasteiger partial charge < -0.3 is 97.8 Å². The summed E-state index contributed by atoms with van der Waals surface area (Å²) in [6.45, 7) is 14.9. The SMILES string of the molecule is COc1cc2c(cc1OCCCCCOc1cc3c(cc1OC)C(=O)N1C=C(C)C[C@H]1[C@H](O)N3C(=O)OCc1ccc(NC(=O)[C@H](C)NC(=O)[C@@H](NC(=O)CCOCCOCCOCCOCCOCCOCCOCCOCCNC(=O)CCN3C(=O)CC(Cc4ccccccccc4)C3=O)C(C)C)cc1)N=C[C@@H]1CC(C)=CN1C2=O. The number of amides is 9. The number of nitrogens with one attached hydrogen (secondary N) is 4. The number of hydrogen-bond acceptors (Lipinski definition) is 24. The van der Waals surface area contributed by atoms with Gasteiger partial charge in [-0.2, -0.15) is 0 Å². The fraction of sp³-hybridized carbons (Fsp3) is 0.512. The molecule has 5 aliphatic rings. The number of likely N-dealkylation sites (tertiary alicyclic amines) is 1. The minimum atomic E-state index is -1.53. The predicted octanol–water partition coefficient (Wildman–Crippen LogP) is 8.12. The van der Waals surface area contributed by atoms with Crippen molar-refractivity contribution < 1.29 is 110 Å². The largest absolute Gasteiger partial charge is 0.493 e. The van der Waals surface area contributed by atoms with Gasteiger partial charge in [-0.05, 0) is 101 Å². The van der Waals surface area contributed by atoms with E-state index in [1.807, 2.05) is 74.6 Å². The first-order valence-corrected chi connectivity index (χ1v) is 40.2. The van der Waals surface area contributed by atoms with E-state index in [0.29, 0.717) is 152 Å². The van der Waals surface area contributed by atoms with Crippen LogP contribution < -0.4 is 45.1 Å². The van der Waals surface area contributed by atoms with E-state index in [9.17, 15) is 48.3 Å². The Morgan fingerprint density at radius 1 is 0.542 bits per heavy atom. The van der Waals surface area contributed by atoms with Crippen molar-refractivity contribution in [3.05, 3.63) is 149 Å². The van der Waals surface area contributed by atoms with Gasteiger partial charge in [-0.15, -0.1) is 0 Å². The summed E-state index contributed by atoms with van der Waals surface area (Å²) < 4.78 is 73.9. The molecule has 0 aromatic heterocycles. The van der Waals surface area contributed by atoms with Crippen molar-refractivity contribution in [3.8, 4) is 23.0 Å². The van der Waals surface area contributed by atoms with Crippen molar-refractivity contribution in [2.45, 2.75) is 129 Å². The van der Waals surface area contributed by atoms with E-state index in [0.717, 1.165) is 28.0 Å². The summed E-state index contributed by atoms with van der Waals surface area (Å²) in [4.78, 5) is 130. The molecular formula is C86H113N9O23. The molecule has 5 N–H and O–H groups in total.